The summed E-state index contributed by atoms with van der Waals surface area (Å²) >= 11 is 0. The van der Waals surface area contributed by atoms with E-state index >= 15 is 0 Å². The second-order valence-electron chi connectivity index (χ2n) is 3.55. The van der Waals surface area contributed by atoms with Crippen LogP contribution in [0.15, 0.2) is 6.33 Å². The number of fused-ring (bicyclic) bond motifs is 1. The zero-order valence-corrected chi connectivity index (χ0v) is 9.27. The van der Waals surface area contributed by atoms with E-state index in [0.717, 1.165) is 0 Å². The fourth-order valence-corrected chi connectivity index (χ4v) is 1.28. The second kappa shape index (κ2) is 3.76. The van der Waals surface area contributed by atoms with Gasteiger partial charge in [-0.2, -0.15) is 9.97 Å². The molecular weight excluding hydrogens is 208 g/mol. The van der Waals surface area contributed by atoms with E-state index in [0.29, 0.717) is 22.9 Å². The maximum absolute atomic E-state index is 11.0. The van der Waals surface area contributed by atoms with Crippen LogP contribution in [0.2, 0.25) is 0 Å². The van der Waals surface area contributed by atoms with Crippen molar-refractivity contribution in [3.63, 3.8) is 0 Å². The van der Waals surface area contributed by atoms with Crippen molar-refractivity contribution in [2.45, 2.75) is 6.92 Å². The lowest BCUT2D eigenvalue weighted by atomic mass is 10.4. The Bertz CT molecular complexity index is 532. The first-order valence-electron chi connectivity index (χ1n) is 4.74. The molecule has 0 radical (unpaired) electrons. The van der Waals surface area contributed by atoms with Crippen LogP contribution in [0.3, 0.4) is 0 Å². The van der Waals surface area contributed by atoms with Crippen molar-refractivity contribution in [3.05, 3.63) is 6.33 Å². The zero-order valence-electron chi connectivity index (χ0n) is 9.27. The summed E-state index contributed by atoms with van der Waals surface area (Å²) in [5, 5.41) is 2.64. The Morgan fingerprint density at radius 1 is 1.44 bits per heavy atom. The minimum atomic E-state index is -0.181. The monoisotopic (exact) mass is 220 g/mol. The smallest absolute Gasteiger partial charge is 0.228 e. The van der Waals surface area contributed by atoms with Crippen molar-refractivity contribution in [2.75, 3.05) is 24.3 Å². The summed E-state index contributed by atoms with van der Waals surface area (Å²) in [5.74, 6) is 0.765. The van der Waals surface area contributed by atoms with Crippen molar-refractivity contribution in [1.82, 2.24) is 19.9 Å². The number of carbonyl (C=O) groups excluding carboxylic acids is 1. The highest BCUT2D eigenvalue weighted by molar-refractivity contribution is 5.95. The number of hydrogen-bond acceptors (Lipinski definition) is 5. The summed E-state index contributed by atoms with van der Waals surface area (Å²) in [5.41, 5.74) is 1.16. The van der Waals surface area contributed by atoms with Gasteiger partial charge in [-0.3, -0.25) is 4.79 Å². The number of aromatic amines is 1. The molecule has 0 fully saturated rings. The highest BCUT2D eigenvalue weighted by Crippen LogP contribution is 2.19. The molecule has 0 saturated carbocycles. The topological polar surface area (TPSA) is 86.8 Å². The lowest BCUT2D eigenvalue weighted by molar-refractivity contribution is -0.114. The number of nitrogens with one attached hydrogen (secondary N) is 2. The number of hydrogen-bond donors (Lipinski definition) is 2. The van der Waals surface area contributed by atoms with Crippen molar-refractivity contribution in [2.24, 2.45) is 0 Å². The van der Waals surface area contributed by atoms with E-state index in [1.807, 2.05) is 14.1 Å². The number of rotatable bonds is 2. The van der Waals surface area contributed by atoms with Gasteiger partial charge in [-0.05, 0) is 0 Å². The predicted molar refractivity (Wildman–Crippen MR) is 60.3 cm³/mol. The molecule has 2 aromatic heterocycles. The number of imidazole rings is 1. The molecular formula is C9H12N6O. The molecule has 7 heteroatoms. The van der Waals surface area contributed by atoms with Crippen LogP contribution in [-0.2, 0) is 4.79 Å². The van der Waals surface area contributed by atoms with Gasteiger partial charge in [-0.25, -0.2) is 4.98 Å². The van der Waals surface area contributed by atoms with Crippen LogP contribution in [0.25, 0.3) is 11.2 Å². The third-order valence-corrected chi connectivity index (χ3v) is 1.97. The molecule has 2 rings (SSSR count). The number of amides is 1. The lowest BCUT2D eigenvalue weighted by Crippen LogP contribution is -2.15. The van der Waals surface area contributed by atoms with Crippen molar-refractivity contribution in [3.8, 4) is 0 Å². The number of H-pyrrole nitrogens is 1. The second-order valence-corrected chi connectivity index (χ2v) is 3.55. The average molecular weight is 220 g/mol. The molecule has 0 spiro atoms. The highest BCUT2D eigenvalue weighted by atomic mass is 16.1. The van der Waals surface area contributed by atoms with Gasteiger partial charge < -0.3 is 15.2 Å². The highest BCUT2D eigenvalue weighted by Gasteiger charge is 2.11. The quantitative estimate of drug-likeness (QED) is 0.763. The normalized spacial score (nSPS) is 10.4. The molecule has 0 aliphatic rings. The fraction of sp³-hybridized carbons (Fsp3) is 0.333. The Balaban J connectivity index is 2.58. The molecule has 2 N–H and O–H groups in total. The van der Waals surface area contributed by atoms with Gasteiger partial charge in [0.25, 0.3) is 0 Å². The summed E-state index contributed by atoms with van der Waals surface area (Å²) in [6, 6.07) is 0. The van der Waals surface area contributed by atoms with Gasteiger partial charge >= 0.3 is 0 Å². The van der Waals surface area contributed by atoms with Gasteiger partial charge in [0.15, 0.2) is 11.5 Å². The molecule has 2 aromatic rings. The Kier molecular flexibility index (Phi) is 2.43. The molecule has 0 bridgehead atoms. The molecule has 16 heavy (non-hydrogen) atoms. The largest absolute Gasteiger partial charge is 0.347 e. The molecule has 1 amide bonds. The maximum Gasteiger partial charge on any atom is 0.228 e. The van der Waals surface area contributed by atoms with E-state index in [9.17, 15) is 4.79 Å². The molecule has 2 heterocycles. The van der Waals surface area contributed by atoms with Crippen LogP contribution < -0.4 is 10.2 Å². The minimum absolute atomic E-state index is 0.181. The number of carbonyl (C=O) groups is 1. The third kappa shape index (κ3) is 1.79. The Morgan fingerprint density at radius 3 is 2.81 bits per heavy atom. The van der Waals surface area contributed by atoms with Crippen LogP contribution in [-0.4, -0.2) is 39.9 Å². The summed E-state index contributed by atoms with van der Waals surface area (Å²) in [4.78, 5) is 28.2. The van der Waals surface area contributed by atoms with Crippen LogP contribution in [0.5, 0.6) is 0 Å². The molecule has 0 aliphatic heterocycles. The van der Waals surface area contributed by atoms with E-state index < -0.39 is 0 Å². The van der Waals surface area contributed by atoms with Gasteiger partial charge in [0.05, 0.1) is 6.33 Å². The molecule has 0 unspecified atom stereocenters. The predicted octanol–water partition coefficient (Wildman–Crippen LogP) is 0.377. The number of anilines is 2. The summed E-state index contributed by atoms with van der Waals surface area (Å²) in [7, 11) is 3.65. The molecule has 7 nitrogen and oxygen atoms in total. The first-order valence-corrected chi connectivity index (χ1v) is 4.74. The third-order valence-electron chi connectivity index (χ3n) is 1.97. The Labute approximate surface area is 91.9 Å². The fourth-order valence-electron chi connectivity index (χ4n) is 1.28. The van der Waals surface area contributed by atoms with Gasteiger partial charge in [0.1, 0.15) is 5.52 Å². The van der Waals surface area contributed by atoms with Gasteiger partial charge in [-0.15, -0.1) is 0 Å². The van der Waals surface area contributed by atoms with Crippen LogP contribution in [0.1, 0.15) is 6.92 Å². The Morgan fingerprint density at radius 2 is 2.19 bits per heavy atom. The maximum atomic E-state index is 11.0. The number of nitrogens with zero attached hydrogens (tertiary/aromatic N) is 4. The first kappa shape index (κ1) is 10.3. The van der Waals surface area contributed by atoms with Crippen molar-refractivity contribution >= 4 is 28.8 Å². The summed E-state index contributed by atoms with van der Waals surface area (Å²) in [6.45, 7) is 1.43. The van der Waals surface area contributed by atoms with Crippen LogP contribution in [0, 0.1) is 0 Å². The SMILES string of the molecule is CC(=O)Nc1nc(N(C)C)nc2nc[nH]c12. The van der Waals surface area contributed by atoms with Crippen LogP contribution >= 0.6 is 0 Å². The van der Waals surface area contributed by atoms with E-state index in [1.54, 1.807) is 4.90 Å². The molecule has 84 valence electrons. The van der Waals surface area contributed by atoms with Crippen LogP contribution in [0.4, 0.5) is 11.8 Å². The summed E-state index contributed by atoms with van der Waals surface area (Å²) in [6.07, 6.45) is 1.52. The molecule has 0 aliphatic carbocycles. The van der Waals surface area contributed by atoms with Gasteiger partial charge in [-0.1, -0.05) is 0 Å². The lowest BCUT2D eigenvalue weighted by Gasteiger charge is -2.11. The summed E-state index contributed by atoms with van der Waals surface area (Å²) < 4.78 is 0. The molecule has 0 atom stereocenters. The zero-order chi connectivity index (χ0) is 11.7. The van der Waals surface area contributed by atoms with E-state index in [4.69, 9.17) is 0 Å². The molecule has 0 saturated heterocycles. The average Bonchev–Trinajstić information content (AvgIpc) is 2.64. The minimum Gasteiger partial charge on any atom is -0.347 e. The van der Waals surface area contributed by atoms with Crippen molar-refractivity contribution in [1.29, 1.82) is 0 Å². The first-order chi connectivity index (χ1) is 7.58. The number of aromatic nitrogens is 4. The van der Waals surface area contributed by atoms with Gasteiger partial charge in [0, 0.05) is 21.0 Å². The van der Waals surface area contributed by atoms with Crippen molar-refractivity contribution < 1.29 is 4.79 Å². The van der Waals surface area contributed by atoms with E-state index in [1.165, 1.54) is 13.3 Å². The van der Waals surface area contributed by atoms with E-state index in [2.05, 4.69) is 25.3 Å². The van der Waals surface area contributed by atoms with Gasteiger partial charge in [0.2, 0.25) is 11.9 Å². The molecule has 0 aromatic carbocycles. The Hall–Kier alpha value is -2.18. The standard InChI is InChI=1S/C9H12N6O/c1-5(16)12-8-6-7(11-4-10-6)13-9(14-8)15(2)3/h4H,1-3H3,(H2,10,11,12,13,14,16). The van der Waals surface area contributed by atoms with E-state index in [-0.39, 0.29) is 5.91 Å².